The molecule has 2 rings (SSSR count). The van der Waals surface area contributed by atoms with Crippen molar-refractivity contribution in [1.82, 2.24) is 14.7 Å². The molecule has 5 nitrogen and oxygen atoms in total. The van der Waals surface area contributed by atoms with Gasteiger partial charge in [0.15, 0.2) is 0 Å². The molecule has 2 heterocycles. The smallest absolute Gasteiger partial charge is 0.312 e. The summed E-state index contributed by atoms with van der Waals surface area (Å²) in [5, 5.41) is 0. The Kier molecular flexibility index (Phi) is 5.40. The van der Waals surface area contributed by atoms with Gasteiger partial charge in [-0.2, -0.15) is 0 Å². The van der Waals surface area contributed by atoms with Gasteiger partial charge >= 0.3 is 11.8 Å². The van der Waals surface area contributed by atoms with Gasteiger partial charge in [0.1, 0.15) is 0 Å². The van der Waals surface area contributed by atoms with Gasteiger partial charge in [0.05, 0.1) is 0 Å². The van der Waals surface area contributed by atoms with Crippen molar-refractivity contribution in [2.24, 2.45) is 0 Å². The van der Waals surface area contributed by atoms with Crippen LogP contribution in [0, 0.1) is 0 Å². The van der Waals surface area contributed by atoms with Gasteiger partial charge in [0.25, 0.3) is 0 Å². The zero-order valence-corrected chi connectivity index (χ0v) is 12.8. The third-order valence-electron chi connectivity index (χ3n) is 4.65. The van der Waals surface area contributed by atoms with Crippen LogP contribution in [0.3, 0.4) is 0 Å². The van der Waals surface area contributed by atoms with Crippen LogP contribution in [-0.4, -0.2) is 71.8 Å². The number of amides is 2. The Bertz CT molecular complexity index is 351. The molecule has 20 heavy (non-hydrogen) atoms. The van der Waals surface area contributed by atoms with E-state index in [0.717, 1.165) is 45.4 Å². The van der Waals surface area contributed by atoms with Crippen molar-refractivity contribution >= 4 is 11.8 Å². The summed E-state index contributed by atoms with van der Waals surface area (Å²) in [4.78, 5) is 30.7. The Morgan fingerprint density at radius 1 is 0.950 bits per heavy atom. The molecular weight excluding hydrogens is 254 g/mol. The zero-order valence-electron chi connectivity index (χ0n) is 12.8. The molecule has 2 amide bonds. The number of nitrogens with zero attached hydrogens (tertiary/aromatic N) is 3. The average molecular weight is 281 g/mol. The summed E-state index contributed by atoms with van der Waals surface area (Å²) < 4.78 is 0. The lowest BCUT2D eigenvalue weighted by Crippen LogP contribution is -2.55. The van der Waals surface area contributed by atoms with Gasteiger partial charge in [-0.15, -0.1) is 0 Å². The van der Waals surface area contributed by atoms with E-state index in [9.17, 15) is 9.59 Å². The molecule has 1 unspecified atom stereocenters. The van der Waals surface area contributed by atoms with Crippen LogP contribution >= 0.6 is 0 Å². The molecule has 0 radical (unpaired) electrons. The molecule has 0 aromatic rings. The lowest BCUT2D eigenvalue weighted by Gasteiger charge is -2.38. The fourth-order valence-electron chi connectivity index (χ4n) is 3.22. The first-order valence-electron chi connectivity index (χ1n) is 7.99. The number of likely N-dealkylation sites (N-methyl/N-ethyl adjacent to an activating group) is 1. The maximum atomic E-state index is 12.4. The molecule has 2 aliphatic rings. The number of hydrogen-bond donors (Lipinski definition) is 0. The molecule has 2 fully saturated rings. The van der Waals surface area contributed by atoms with Crippen molar-refractivity contribution in [3.8, 4) is 0 Å². The van der Waals surface area contributed by atoms with Crippen molar-refractivity contribution in [1.29, 1.82) is 0 Å². The van der Waals surface area contributed by atoms with Gasteiger partial charge in [-0.05, 0) is 32.2 Å². The van der Waals surface area contributed by atoms with Crippen LogP contribution in [0.2, 0.25) is 0 Å². The predicted octanol–water partition coefficient (Wildman–Crippen LogP) is 0.942. The molecule has 0 spiro atoms. The third kappa shape index (κ3) is 3.32. The first kappa shape index (κ1) is 15.3. The minimum atomic E-state index is -0.291. The van der Waals surface area contributed by atoms with Crippen LogP contribution in [0.25, 0.3) is 0 Å². The SMILES string of the molecule is CCC1CCCCN1C(=O)C(=O)N1CCN(CC)CC1. The fourth-order valence-corrected chi connectivity index (χ4v) is 3.22. The summed E-state index contributed by atoms with van der Waals surface area (Å²) in [7, 11) is 0. The molecule has 114 valence electrons. The van der Waals surface area contributed by atoms with E-state index < -0.39 is 0 Å². The Balaban J connectivity index is 1.93. The molecule has 2 aliphatic heterocycles. The quantitative estimate of drug-likeness (QED) is 0.708. The first-order valence-corrected chi connectivity index (χ1v) is 7.99. The van der Waals surface area contributed by atoms with Gasteiger partial charge < -0.3 is 14.7 Å². The van der Waals surface area contributed by atoms with Crippen molar-refractivity contribution in [2.45, 2.75) is 45.6 Å². The number of likely N-dealkylation sites (tertiary alicyclic amines) is 1. The summed E-state index contributed by atoms with van der Waals surface area (Å²) in [6, 6.07) is 0.261. The Hall–Kier alpha value is -1.10. The van der Waals surface area contributed by atoms with Crippen LogP contribution in [-0.2, 0) is 9.59 Å². The van der Waals surface area contributed by atoms with Gasteiger partial charge in [-0.3, -0.25) is 9.59 Å². The van der Waals surface area contributed by atoms with E-state index in [2.05, 4.69) is 18.7 Å². The molecule has 0 aromatic carbocycles. The van der Waals surface area contributed by atoms with E-state index in [1.165, 1.54) is 6.42 Å². The second-order valence-corrected chi connectivity index (χ2v) is 5.78. The van der Waals surface area contributed by atoms with Crippen LogP contribution in [0.1, 0.15) is 39.5 Å². The highest BCUT2D eigenvalue weighted by Crippen LogP contribution is 2.20. The lowest BCUT2D eigenvalue weighted by molar-refractivity contribution is -0.155. The van der Waals surface area contributed by atoms with E-state index in [1.54, 1.807) is 4.90 Å². The normalized spacial score (nSPS) is 24.8. The fraction of sp³-hybridized carbons (Fsp3) is 0.867. The van der Waals surface area contributed by atoms with Crippen molar-refractivity contribution in [2.75, 3.05) is 39.3 Å². The summed E-state index contributed by atoms with van der Waals surface area (Å²) in [5.74, 6) is -0.567. The minimum absolute atomic E-state index is 0.261. The van der Waals surface area contributed by atoms with Crippen molar-refractivity contribution < 1.29 is 9.59 Å². The number of rotatable bonds is 2. The molecule has 0 bridgehead atoms. The number of carbonyl (C=O) groups is 2. The molecule has 0 N–H and O–H groups in total. The second kappa shape index (κ2) is 7.07. The molecule has 0 aliphatic carbocycles. The zero-order chi connectivity index (χ0) is 14.5. The van der Waals surface area contributed by atoms with E-state index in [0.29, 0.717) is 13.1 Å². The van der Waals surface area contributed by atoms with Crippen LogP contribution in [0.5, 0.6) is 0 Å². The van der Waals surface area contributed by atoms with Gasteiger partial charge in [-0.1, -0.05) is 13.8 Å². The Morgan fingerprint density at radius 3 is 2.25 bits per heavy atom. The third-order valence-corrected chi connectivity index (χ3v) is 4.65. The monoisotopic (exact) mass is 281 g/mol. The molecule has 5 heteroatoms. The highest BCUT2D eigenvalue weighted by molar-refractivity contribution is 6.35. The number of hydrogen-bond acceptors (Lipinski definition) is 3. The van der Waals surface area contributed by atoms with E-state index >= 15 is 0 Å². The summed E-state index contributed by atoms with van der Waals surface area (Å²) in [6.07, 6.45) is 4.19. The second-order valence-electron chi connectivity index (χ2n) is 5.78. The lowest BCUT2D eigenvalue weighted by atomic mass is 10.00. The van der Waals surface area contributed by atoms with Crippen molar-refractivity contribution in [3.63, 3.8) is 0 Å². The molecular formula is C15H27N3O2. The van der Waals surface area contributed by atoms with E-state index in [1.807, 2.05) is 4.90 Å². The van der Waals surface area contributed by atoms with E-state index in [4.69, 9.17) is 0 Å². The maximum absolute atomic E-state index is 12.4. The van der Waals surface area contributed by atoms with Crippen LogP contribution in [0.4, 0.5) is 0 Å². The van der Waals surface area contributed by atoms with E-state index in [-0.39, 0.29) is 17.9 Å². The molecule has 0 aromatic heterocycles. The Labute approximate surface area is 121 Å². The number of carbonyl (C=O) groups excluding carboxylic acids is 2. The van der Waals surface area contributed by atoms with Crippen LogP contribution in [0.15, 0.2) is 0 Å². The maximum Gasteiger partial charge on any atom is 0.312 e. The summed E-state index contributed by atoms with van der Waals surface area (Å²) in [5.41, 5.74) is 0. The predicted molar refractivity (Wildman–Crippen MR) is 78.3 cm³/mol. The highest BCUT2D eigenvalue weighted by Gasteiger charge is 2.33. The summed E-state index contributed by atoms with van der Waals surface area (Å²) >= 11 is 0. The first-order chi connectivity index (χ1) is 9.67. The average Bonchev–Trinajstić information content (AvgIpc) is 2.53. The molecule has 0 saturated carbocycles. The minimum Gasteiger partial charge on any atom is -0.332 e. The number of piperazine rings is 1. The van der Waals surface area contributed by atoms with Gasteiger partial charge in [0.2, 0.25) is 0 Å². The summed E-state index contributed by atoms with van der Waals surface area (Å²) in [6.45, 7) is 9.12. The Morgan fingerprint density at radius 2 is 1.65 bits per heavy atom. The van der Waals surface area contributed by atoms with Crippen molar-refractivity contribution in [3.05, 3.63) is 0 Å². The van der Waals surface area contributed by atoms with Gasteiger partial charge in [-0.25, -0.2) is 0 Å². The van der Waals surface area contributed by atoms with Gasteiger partial charge in [0, 0.05) is 38.8 Å². The topological polar surface area (TPSA) is 43.9 Å². The molecule has 2 saturated heterocycles. The molecule has 1 atom stereocenters. The van der Waals surface area contributed by atoms with Crippen LogP contribution < -0.4 is 0 Å². The number of piperidine rings is 1. The standard InChI is InChI=1S/C15H27N3O2/c1-3-13-7-5-6-8-18(13)15(20)14(19)17-11-9-16(4-2)10-12-17/h13H,3-12H2,1-2H3. The largest absolute Gasteiger partial charge is 0.332 e. The highest BCUT2D eigenvalue weighted by atomic mass is 16.2.